The molecule has 5 heteroatoms. The van der Waals surface area contributed by atoms with Gasteiger partial charge in [0.15, 0.2) is 0 Å². The van der Waals surface area contributed by atoms with Crippen LogP contribution in [0.2, 0.25) is 0 Å². The minimum atomic E-state index is -0.838. The lowest BCUT2D eigenvalue weighted by Gasteiger charge is -2.14. The molecule has 0 aromatic heterocycles. The highest BCUT2D eigenvalue weighted by molar-refractivity contribution is 8.00. The number of carboxylic acid groups (broad SMARTS) is 1. The van der Waals surface area contributed by atoms with Crippen LogP contribution in [0.1, 0.15) is 32.3 Å². The van der Waals surface area contributed by atoms with Crippen LogP contribution >= 0.6 is 11.8 Å². The molecular formula is C15H21NO3S. The summed E-state index contributed by atoms with van der Waals surface area (Å²) in [5.41, 5.74) is 0.767. The quantitative estimate of drug-likeness (QED) is 0.724. The van der Waals surface area contributed by atoms with E-state index < -0.39 is 5.97 Å². The highest BCUT2D eigenvalue weighted by atomic mass is 32.2. The molecule has 1 aromatic carbocycles. The Balaban J connectivity index is 2.41. The average molecular weight is 295 g/mol. The first-order valence-corrected chi connectivity index (χ1v) is 7.76. The Labute approximate surface area is 124 Å². The fourth-order valence-corrected chi connectivity index (χ4v) is 2.50. The second-order valence-corrected chi connectivity index (χ2v) is 5.63. The number of amides is 1. The van der Waals surface area contributed by atoms with Gasteiger partial charge in [0.05, 0.1) is 12.2 Å². The topological polar surface area (TPSA) is 66.4 Å². The molecular weight excluding hydrogens is 274 g/mol. The SMILES string of the molecule is CCC(CC)NC(=O)CSc1ccc(CC(=O)O)cc1. The Morgan fingerprint density at radius 2 is 1.80 bits per heavy atom. The lowest BCUT2D eigenvalue weighted by molar-refractivity contribution is -0.136. The molecule has 0 fully saturated rings. The molecule has 1 rings (SSSR count). The van der Waals surface area contributed by atoms with Crippen molar-refractivity contribution in [2.24, 2.45) is 0 Å². The highest BCUT2D eigenvalue weighted by Crippen LogP contribution is 2.18. The zero-order chi connectivity index (χ0) is 15.0. The van der Waals surface area contributed by atoms with Crippen molar-refractivity contribution in [2.45, 2.75) is 44.0 Å². The molecule has 1 amide bonds. The number of carbonyl (C=O) groups is 2. The Morgan fingerprint density at radius 1 is 1.20 bits per heavy atom. The number of hydrogen-bond donors (Lipinski definition) is 2. The highest BCUT2D eigenvalue weighted by Gasteiger charge is 2.08. The van der Waals surface area contributed by atoms with Gasteiger partial charge in [-0.1, -0.05) is 26.0 Å². The van der Waals surface area contributed by atoms with Crippen LogP contribution in [0.3, 0.4) is 0 Å². The molecule has 4 nitrogen and oxygen atoms in total. The molecule has 0 aliphatic rings. The molecule has 0 heterocycles. The van der Waals surface area contributed by atoms with Gasteiger partial charge in [0, 0.05) is 10.9 Å². The second kappa shape index (κ2) is 8.64. The summed E-state index contributed by atoms with van der Waals surface area (Å²) in [6.45, 7) is 4.12. The second-order valence-electron chi connectivity index (χ2n) is 4.58. The van der Waals surface area contributed by atoms with E-state index in [1.54, 1.807) is 12.1 Å². The van der Waals surface area contributed by atoms with Crippen LogP contribution in [0.5, 0.6) is 0 Å². The molecule has 0 spiro atoms. The standard InChI is InChI=1S/C15H21NO3S/c1-3-12(4-2)16-14(17)10-20-13-7-5-11(6-8-13)9-15(18)19/h5-8,12H,3-4,9-10H2,1-2H3,(H,16,17)(H,18,19). The number of aliphatic carboxylic acids is 1. The van der Waals surface area contributed by atoms with Crippen molar-refractivity contribution in [2.75, 3.05) is 5.75 Å². The summed E-state index contributed by atoms with van der Waals surface area (Å²) in [5, 5.41) is 11.7. The summed E-state index contributed by atoms with van der Waals surface area (Å²) in [5.74, 6) is -0.414. The fourth-order valence-electron chi connectivity index (χ4n) is 1.79. The molecule has 0 aliphatic carbocycles. The summed E-state index contributed by atoms with van der Waals surface area (Å²) in [6.07, 6.45) is 1.91. The largest absolute Gasteiger partial charge is 0.481 e. The summed E-state index contributed by atoms with van der Waals surface area (Å²) < 4.78 is 0. The molecule has 0 aliphatic heterocycles. The third kappa shape index (κ3) is 6.10. The van der Waals surface area contributed by atoms with E-state index >= 15 is 0 Å². The van der Waals surface area contributed by atoms with Crippen LogP contribution < -0.4 is 5.32 Å². The third-order valence-corrected chi connectivity index (χ3v) is 4.01. The van der Waals surface area contributed by atoms with Crippen molar-refractivity contribution >= 4 is 23.6 Å². The smallest absolute Gasteiger partial charge is 0.307 e. The van der Waals surface area contributed by atoms with Crippen molar-refractivity contribution in [3.05, 3.63) is 29.8 Å². The lowest BCUT2D eigenvalue weighted by Crippen LogP contribution is -2.34. The van der Waals surface area contributed by atoms with Crippen molar-refractivity contribution < 1.29 is 14.7 Å². The molecule has 2 N–H and O–H groups in total. The molecule has 20 heavy (non-hydrogen) atoms. The van der Waals surface area contributed by atoms with Crippen LogP contribution in [0.25, 0.3) is 0 Å². The van der Waals surface area contributed by atoms with Crippen molar-refractivity contribution in [1.82, 2.24) is 5.32 Å². The van der Waals surface area contributed by atoms with Gasteiger partial charge in [0.1, 0.15) is 0 Å². The van der Waals surface area contributed by atoms with Crippen molar-refractivity contribution in [1.29, 1.82) is 0 Å². The molecule has 0 unspecified atom stereocenters. The van der Waals surface area contributed by atoms with Gasteiger partial charge in [-0.2, -0.15) is 0 Å². The molecule has 0 saturated carbocycles. The van der Waals surface area contributed by atoms with Crippen LogP contribution in [0, 0.1) is 0 Å². The van der Waals surface area contributed by atoms with Crippen LogP contribution in [-0.4, -0.2) is 28.8 Å². The third-order valence-electron chi connectivity index (χ3n) is 3.00. The van der Waals surface area contributed by atoms with E-state index in [-0.39, 0.29) is 18.4 Å². The van der Waals surface area contributed by atoms with E-state index in [9.17, 15) is 9.59 Å². The molecule has 0 saturated heterocycles. The van der Waals surface area contributed by atoms with E-state index in [1.807, 2.05) is 12.1 Å². The molecule has 0 atom stereocenters. The number of hydrogen-bond acceptors (Lipinski definition) is 3. The van der Waals surface area contributed by atoms with E-state index in [0.29, 0.717) is 5.75 Å². The Bertz CT molecular complexity index is 441. The van der Waals surface area contributed by atoms with Crippen LogP contribution in [-0.2, 0) is 16.0 Å². The normalized spacial score (nSPS) is 10.6. The van der Waals surface area contributed by atoms with Gasteiger partial charge in [0.2, 0.25) is 5.91 Å². The molecule has 0 bridgehead atoms. The number of rotatable bonds is 8. The zero-order valence-electron chi connectivity index (χ0n) is 11.9. The van der Waals surface area contributed by atoms with Crippen molar-refractivity contribution in [3.8, 4) is 0 Å². The predicted octanol–water partition coefficient (Wildman–Crippen LogP) is 2.71. The Kier molecular flexibility index (Phi) is 7.15. The predicted molar refractivity (Wildman–Crippen MR) is 81.0 cm³/mol. The number of carbonyl (C=O) groups excluding carboxylic acids is 1. The lowest BCUT2D eigenvalue weighted by atomic mass is 10.2. The van der Waals surface area contributed by atoms with Crippen LogP contribution in [0.4, 0.5) is 0 Å². The van der Waals surface area contributed by atoms with E-state index in [0.717, 1.165) is 23.3 Å². The maximum Gasteiger partial charge on any atom is 0.307 e. The number of nitrogens with one attached hydrogen (secondary N) is 1. The Hall–Kier alpha value is -1.49. The summed E-state index contributed by atoms with van der Waals surface area (Å²) in [4.78, 5) is 23.3. The monoisotopic (exact) mass is 295 g/mol. The zero-order valence-corrected chi connectivity index (χ0v) is 12.7. The van der Waals surface area contributed by atoms with Gasteiger partial charge in [-0.15, -0.1) is 11.8 Å². The molecule has 1 aromatic rings. The summed E-state index contributed by atoms with van der Waals surface area (Å²) in [6, 6.07) is 7.53. The van der Waals surface area contributed by atoms with E-state index in [2.05, 4.69) is 19.2 Å². The van der Waals surface area contributed by atoms with Gasteiger partial charge < -0.3 is 10.4 Å². The molecule has 0 radical (unpaired) electrons. The molecule has 110 valence electrons. The minimum Gasteiger partial charge on any atom is -0.481 e. The maximum atomic E-state index is 11.7. The number of carboxylic acids is 1. The van der Waals surface area contributed by atoms with Crippen LogP contribution in [0.15, 0.2) is 29.2 Å². The van der Waals surface area contributed by atoms with Gasteiger partial charge >= 0.3 is 5.97 Å². The van der Waals surface area contributed by atoms with Gasteiger partial charge in [-0.25, -0.2) is 0 Å². The number of benzene rings is 1. The summed E-state index contributed by atoms with van der Waals surface area (Å²) in [7, 11) is 0. The van der Waals surface area contributed by atoms with E-state index in [4.69, 9.17) is 5.11 Å². The van der Waals surface area contributed by atoms with Gasteiger partial charge in [0.25, 0.3) is 0 Å². The Morgan fingerprint density at radius 3 is 2.30 bits per heavy atom. The van der Waals surface area contributed by atoms with Gasteiger partial charge in [-0.3, -0.25) is 9.59 Å². The fraction of sp³-hybridized carbons (Fsp3) is 0.467. The van der Waals surface area contributed by atoms with E-state index in [1.165, 1.54) is 11.8 Å². The maximum absolute atomic E-state index is 11.7. The number of thioether (sulfide) groups is 1. The first-order valence-electron chi connectivity index (χ1n) is 6.78. The summed E-state index contributed by atoms with van der Waals surface area (Å²) >= 11 is 1.46. The minimum absolute atomic E-state index is 0.0279. The van der Waals surface area contributed by atoms with Crippen molar-refractivity contribution in [3.63, 3.8) is 0 Å². The average Bonchev–Trinajstić information content (AvgIpc) is 2.43. The van der Waals surface area contributed by atoms with Gasteiger partial charge in [-0.05, 0) is 30.5 Å². The first kappa shape index (κ1) is 16.6. The first-order chi connectivity index (χ1) is 9.55.